The predicted octanol–water partition coefficient (Wildman–Crippen LogP) is 2.91. The van der Waals surface area contributed by atoms with Crippen LogP contribution in [0, 0.1) is 5.82 Å². The maximum Gasteiger partial charge on any atom is 0.244 e. The van der Waals surface area contributed by atoms with Gasteiger partial charge in [-0.1, -0.05) is 42.5 Å². The molecule has 1 N–H and O–H groups in total. The maximum atomic E-state index is 12.8. The Bertz CT molecular complexity index is 606. The Morgan fingerprint density at radius 2 is 1.75 bits per heavy atom. The molecule has 0 aromatic heterocycles. The number of rotatable bonds is 4. The Kier molecular flexibility index (Phi) is 4.60. The molecule has 4 heteroatoms. The van der Waals surface area contributed by atoms with Crippen molar-refractivity contribution in [2.24, 2.45) is 5.10 Å². The van der Waals surface area contributed by atoms with Crippen molar-refractivity contribution in [3.8, 4) is 0 Å². The summed E-state index contributed by atoms with van der Waals surface area (Å²) in [5, 5.41) is 4.01. The minimum absolute atomic E-state index is 0.183. The molecule has 20 heavy (non-hydrogen) atoms. The van der Waals surface area contributed by atoms with Crippen LogP contribution in [0.4, 0.5) is 4.39 Å². The number of carbonyl (C=O) groups excluding carboxylic acids is 1. The van der Waals surface area contributed by atoms with Crippen molar-refractivity contribution in [1.29, 1.82) is 0 Å². The average molecular weight is 270 g/mol. The van der Waals surface area contributed by atoms with Gasteiger partial charge in [0.25, 0.3) is 0 Å². The summed E-state index contributed by atoms with van der Waals surface area (Å²) in [6, 6.07) is 15.4. The largest absolute Gasteiger partial charge is 0.273 e. The van der Waals surface area contributed by atoms with E-state index < -0.39 is 0 Å². The molecule has 0 saturated heterocycles. The molecule has 2 rings (SSSR count). The summed E-state index contributed by atoms with van der Waals surface area (Å²) in [5.74, 6) is -0.479. The van der Waals surface area contributed by atoms with Crippen LogP contribution in [-0.2, 0) is 11.2 Å². The molecule has 102 valence electrons. The molecule has 1 amide bonds. The number of carbonyl (C=O) groups is 1. The highest BCUT2D eigenvalue weighted by atomic mass is 19.1. The number of hydrazone groups is 1. The Morgan fingerprint density at radius 3 is 2.40 bits per heavy atom. The zero-order valence-corrected chi connectivity index (χ0v) is 11.1. The lowest BCUT2D eigenvalue weighted by atomic mass is 10.1. The molecule has 0 heterocycles. The lowest BCUT2D eigenvalue weighted by Crippen LogP contribution is -2.21. The van der Waals surface area contributed by atoms with Crippen LogP contribution in [0.5, 0.6) is 0 Å². The summed E-state index contributed by atoms with van der Waals surface area (Å²) < 4.78 is 12.8. The van der Waals surface area contributed by atoms with Gasteiger partial charge in [0.1, 0.15) is 5.82 Å². The molecule has 2 aromatic carbocycles. The lowest BCUT2D eigenvalue weighted by Gasteiger charge is -2.03. The highest BCUT2D eigenvalue weighted by Crippen LogP contribution is 2.04. The van der Waals surface area contributed by atoms with Crippen LogP contribution in [0.1, 0.15) is 18.1 Å². The van der Waals surface area contributed by atoms with Crippen molar-refractivity contribution in [1.82, 2.24) is 5.43 Å². The minimum Gasteiger partial charge on any atom is -0.273 e. The van der Waals surface area contributed by atoms with E-state index in [1.807, 2.05) is 30.3 Å². The Hall–Kier alpha value is -2.49. The molecule has 0 fully saturated rings. The van der Waals surface area contributed by atoms with Gasteiger partial charge >= 0.3 is 0 Å². The highest BCUT2D eigenvalue weighted by molar-refractivity contribution is 5.99. The first-order valence-corrected chi connectivity index (χ1v) is 6.28. The van der Waals surface area contributed by atoms with Crippen molar-refractivity contribution in [2.75, 3.05) is 0 Å². The number of nitrogens with one attached hydrogen (secondary N) is 1. The number of halogens is 1. The number of hydrogen-bond donors (Lipinski definition) is 1. The van der Waals surface area contributed by atoms with Gasteiger partial charge in [0.15, 0.2) is 0 Å². The average Bonchev–Trinajstić information content (AvgIpc) is 2.46. The second kappa shape index (κ2) is 6.61. The second-order valence-corrected chi connectivity index (χ2v) is 4.40. The van der Waals surface area contributed by atoms with Crippen LogP contribution in [0.2, 0.25) is 0 Å². The number of nitrogens with zero attached hydrogens (tertiary/aromatic N) is 1. The van der Waals surface area contributed by atoms with E-state index in [1.54, 1.807) is 19.1 Å². The summed E-state index contributed by atoms with van der Waals surface area (Å²) in [7, 11) is 0. The zero-order valence-electron chi connectivity index (χ0n) is 11.1. The second-order valence-electron chi connectivity index (χ2n) is 4.40. The van der Waals surface area contributed by atoms with E-state index in [0.29, 0.717) is 5.71 Å². The van der Waals surface area contributed by atoms with Crippen LogP contribution in [-0.4, -0.2) is 11.6 Å². The molecule has 0 aliphatic heterocycles. The number of amides is 1. The van der Waals surface area contributed by atoms with Gasteiger partial charge in [-0.25, -0.2) is 9.82 Å². The van der Waals surface area contributed by atoms with Crippen molar-refractivity contribution < 1.29 is 9.18 Å². The van der Waals surface area contributed by atoms with Crippen LogP contribution in [0.3, 0.4) is 0 Å². The normalized spacial score (nSPS) is 11.2. The molecule has 0 unspecified atom stereocenters. The summed E-state index contributed by atoms with van der Waals surface area (Å²) in [6.45, 7) is 1.76. The van der Waals surface area contributed by atoms with Crippen molar-refractivity contribution in [3.63, 3.8) is 0 Å². The molecule has 0 atom stereocenters. The molecule has 3 nitrogen and oxygen atoms in total. The summed E-state index contributed by atoms with van der Waals surface area (Å²) >= 11 is 0. The van der Waals surface area contributed by atoms with E-state index in [0.717, 1.165) is 11.1 Å². The van der Waals surface area contributed by atoms with Gasteiger partial charge in [-0.05, 0) is 30.2 Å². The van der Waals surface area contributed by atoms with Gasteiger partial charge in [0.2, 0.25) is 5.91 Å². The van der Waals surface area contributed by atoms with Gasteiger partial charge in [-0.2, -0.15) is 5.10 Å². The Morgan fingerprint density at radius 1 is 1.10 bits per heavy atom. The van der Waals surface area contributed by atoms with Gasteiger partial charge < -0.3 is 0 Å². The molecule has 2 aromatic rings. The summed E-state index contributed by atoms with van der Waals surface area (Å²) in [4.78, 5) is 11.7. The third-order valence-corrected chi connectivity index (χ3v) is 2.82. The minimum atomic E-state index is -0.297. The van der Waals surface area contributed by atoms with Crippen molar-refractivity contribution in [3.05, 3.63) is 71.5 Å². The third-order valence-electron chi connectivity index (χ3n) is 2.82. The lowest BCUT2D eigenvalue weighted by molar-refractivity contribution is -0.120. The maximum absolute atomic E-state index is 12.8. The molecule has 0 saturated carbocycles. The van der Waals surface area contributed by atoms with E-state index in [9.17, 15) is 9.18 Å². The topological polar surface area (TPSA) is 41.5 Å². The first-order valence-electron chi connectivity index (χ1n) is 6.28. The van der Waals surface area contributed by atoms with Crippen molar-refractivity contribution >= 4 is 11.6 Å². The fraction of sp³-hybridized carbons (Fsp3) is 0.125. The van der Waals surface area contributed by atoms with Crippen LogP contribution < -0.4 is 5.43 Å². The molecular weight excluding hydrogens is 255 g/mol. The molecule has 0 aliphatic rings. The van der Waals surface area contributed by atoms with E-state index in [4.69, 9.17) is 0 Å². The summed E-state index contributed by atoms with van der Waals surface area (Å²) in [5.41, 5.74) is 4.83. The Labute approximate surface area is 117 Å². The zero-order chi connectivity index (χ0) is 14.4. The van der Waals surface area contributed by atoms with Gasteiger partial charge in [0, 0.05) is 0 Å². The molecule has 0 aliphatic carbocycles. The first-order chi connectivity index (χ1) is 9.65. The van der Waals surface area contributed by atoms with Gasteiger partial charge in [-0.3, -0.25) is 4.79 Å². The predicted molar refractivity (Wildman–Crippen MR) is 76.9 cm³/mol. The number of benzene rings is 2. The standard InChI is InChI=1S/C16H15FN2O/c1-12(14-7-9-15(17)10-8-14)18-19-16(20)11-13-5-3-2-4-6-13/h2-10H,11H2,1H3,(H,19,20). The van der Waals surface area contributed by atoms with Gasteiger partial charge in [-0.15, -0.1) is 0 Å². The van der Waals surface area contributed by atoms with Gasteiger partial charge in [0.05, 0.1) is 12.1 Å². The Balaban J connectivity index is 1.95. The van der Waals surface area contributed by atoms with Crippen LogP contribution >= 0.6 is 0 Å². The van der Waals surface area contributed by atoms with E-state index >= 15 is 0 Å². The summed E-state index contributed by atoms with van der Waals surface area (Å²) in [6.07, 6.45) is 0.279. The van der Waals surface area contributed by atoms with E-state index in [1.165, 1.54) is 12.1 Å². The molecule has 0 radical (unpaired) electrons. The molecule has 0 spiro atoms. The van der Waals surface area contributed by atoms with E-state index in [2.05, 4.69) is 10.5 Å². The van der Waals surface area contributed by atoms with Crippen LogP contribution in [0.15, 0.2) is 59.7 Å². The molecular formula is C16H15FN2O. The van der Waals surface area contributed by atoms with Crippen molar-refractivity contribution in [2.45, 2.75) is 13.3 Å². The smallest absolute Gasteiger partial charge is 0.244 e. The van der Waals surface area contributed by atoms with E-state index in [-0.39, 0.29) is 18.1 Å². The molecule has 0 bridgehead atoms. The SMILES string of the molecule is CC(=NNC(=O)Cc1ccccc1)c1ccc(F)cc1. The fourth-order valence-electron chi connectivity index (χ4n) is 1.72. The first kappa shape index (κ1) is 13.9. The monoisotopic (exact) mass is 270 g/mol. The number of hydrogen-bond acceptors (Lipinski definition) is 2. The third kappa shape index (κ3) is 4.02. The fourth-order valence-corrected chi connectivity index (χ4v) is 1.72. The highest BCUT2D eigenvalue weighted by Gasteiger charge is 2.03. The van der Waals surface area contributed by atoms with Crippen LogP contribution in [0.25, 0.3) is 0 Å². The quantitative estimate of drug-likeness (QED) is 0.673.